The van der Waals surface area contributed by atoms with Gasteiger partial charge in [0.05, 0.1) is 45.1 Å². The lowest BCUT2D eigenvalue weighted by Gasteiger charge is -2.18. The number of likely N-dealkylation sites (N-methyl/N-ethyl adjacent to an activating group) is 1. The number of urea groups is 1. The van der Waals surface area contributed by atoms with Crippen LogP contribution in [0.4, 0.5) is 4.79 Å². The number of nitrogens with zero attached hydrogens (tertiary/aromatic N) is 1. The first-order valence-corrected chi connectivity index (χ1v) is 13.7. The Bertz CT molecular complexity index is 644. The molecule has 11 nitrogen and oxygen atoms in total. The number of rotatable bonds is 20. The van der Waals surface area contributed by atoms with E-state index in [2.05, 4.69) is 16.0 Å². The first-order chi connectivity index (χ1) is 17.0. The summed E-state index contributed by atoms with van der Waals surface area (Å²) in [6.45, 7) is 4.49. The van der Waals surface area contributed by atoms with Crippen LogP contribution >= 0.6 is 11.8 Å². The molecule has 35 heavy (non-hydrogen) atoms. The average molecular weight is 518 g/mol. The average Bonchev–Trinajstić information content (AvgIpc) is 3.38. The third-order valence-electron chi connectivity index (χ3n) is 5.90. The first kappa shape index (κ1) is 29.6. The normalized spacial score (nSPS) is 20.9. The van der Waals surface area contributed by atoms with Crippen LogP contribution < -0.4 is 21.7 Å². The molecule has 2 saturated heterocycles. The number of nitrogens with one attached hydrogen (secondary N) is 3. The Morgan fingerprint density at radius 2 is 1.71 bits per heavy atom. The van der Waals surface area contributed by atoms with Gasteiger partial charge < -0.3 is 40.8 Å². The third kappa shape index (κ3) is 12.3. The molecule has 5 N–H and O–H groups in total. The van der Waals surface area contributed by atoms with Crippen molar-refractivity contribution in [2.45, 2.75) is 55.9 Å². The minimum absolute atomic E-state index is 0.0268. The van der Waals surface area contributed by atoms with Crippen LogP contribution in [0.1, 0.15) is 38.5 Å². The number of thioether (sulfide) groups is 1. The Kier molecular flexibility index (Phi) is 15.0. The molecule has 0 radical (unpaired) electrons. The summed E-state index contributed by atoms with van der Waals surface area (Å²) in [6, 6.07) is 0.353. The monoisotopic (exact) mass is 517 g/mol. The van der Waals surface area contributed by atoms with Crippen LogP contribution in [0.2, 0.25) is 0 Å². The second-order valence-corrected chi connectivity index (χ2v) is 10.1. The van der Waals surface area contributed by atoms with Crippen molar-refractivity contribution in [2.24, 2.45) is 5.73 Å². The van der Waals surface area contributed by atoms with Crippen molar-refractivity contribution in [3.05, 3.63) is 0 Å². The molecule has 0 aliphatic carbocycles. The second-order valence-electron chi connectivity index (χ2n) is 8.80. The van der Waals surface area contributed by atoms with Crippen molar-refractivity contribution in [2.75, 3.05) is 72.1 Å². The molecule has 2 aliphatic rings. The van der Waals surface area contributed by atoms with Gasteiger partial charge in [-0.3, -0.25) is 9.59 Å². The van der Waals surface area contributed by atoms with Gasteiger partial charge >= 0.3 is 6.03 Å². The van der Waals surface area contributed by atoms with E-state index >= 15 is 0 Å². The SMILES string of the molecule is CN(CC(=O)NCCCOCCOCCOCCCN)C(=O)CCCC[C@@H]1SC[C@@H]2NC(=O)N[C@@H]21. The van der Waals surface area contributed by atoms with Gasteiger partial charge in [-0.15, -0.1) is 0 Å². The summed E-state index contributed by atoms with van der Waals surface area (Å²) in [7, 11) is 1.66. The van der Waals surface area contributed by atoms with E-state index in [0.717, 1.165) is 31.4 Å². The van der Waals surface area contributed by atoms with Crippen LogP contribution in [-0.4, -0.2) is 112 Å². The maximum Gasteiger partial charge on any atom is 0.315 e. The zero-order valence-corrected chi connectivity index (χ0v) is 21.7. The molecule has 0 aromatic carbocycles. The van der Waals surface area contributed by atoms with Crippen molar-refractivity contribution in [3.8, 4) is 0 Å². The number of fused-ring (bicyclic) bond motifs is 1. The quantitative estimate of drug-likeness (QED) is 0.131. The summed E-state index contributed by atoms with van der Waals surface area (Å²) < 4.78 is 16.2. The van der Waals surface area contributed by atoms with Gasteiger partial charge in [0, 0.05) is 44.2 Å². The molecule has 202 valence electrons. The Balaban J connectivity index is 1.38. The molecule has 2 fully saturated rings. The molecule has 0 unspecified atom stereocenters. The Morgan fingerprint density at radius 3 is 2.43 bits per heavy atom. The molecule has 0 saturated carbocycles. The predicted octanol–water partition coefficient (Wildman–Crippen LogP) is 0.0755. The van der Waals surface area contributed by atoms with E-state index < -0.39 is 0 Å². The molecule has 4 amide bonds. The number of carbonyl (C=O) groups excluding carboxylic acids is 3. The number of ether oxygens (including phenoxy) is 3. The van der Waals surface area contributed by atoms with E-state index in [-0.39, 0.29) is 36.5 Å². The molecule has 2 aliphatic heterocycles. The number of carbonyl (C=O) groups is 3. The summed E-state index contributed by atoms with van der Waals surface area (Å²) in [6.07, 6.45) is 4.66. The van der Waals surface area contributed by atoms with Gasteiger partial charge in [0.15, 0.2) is 0 Å². The molecule has 0 aromatic rings. The van der Waals surface area contributed by atoms with E-state index in [1.165, 1.54) is 4.90 Å². The molecule has 2 rings (SSSR count). The topological polar surface area (TPSA) is 144 Å². The van der Waals surface area contributed by atoms with Crippen LogP contribution in [0, 0.1) is 0 Å². The van der Waals surface area contributed by atoms with Crippen molar-refractivity contribution in [3.63, 3.8) is 0 Å². The van der Waals surface area contributed by atoms with Crippen LogP contribution in [0.15, 0.2) is 0 Å². The highest BCUT2D eigenvalue weighted by Crippen LogP contribution is 2.33. The van der Waals surface area contributed by atoms with Crippen molar-refractivity contribution >= 4 is 29.6 Å². The smallest absolute Gasteiger partial charge is 0.315 e. The highest BCUT2D eigenvalue weighted by atomic mass is 32.2. The van der Waals surface area contributed by atoms with Gasteiger partial charge in [-0.25, -0.2) is 4.79 Å². The lowest BCUT2D eigenvalue weighted by molar-refractivity contribution is -0.134. The number of hydrogen-bond acceptors (Lipinski definition) is 8. The zero-order valence-electron chi connectivity index (χ0n) is 20.9. The van der Waals surface area contributed by atoms with E-state index in [0.29, 0.717) is 70.8 Å². The van der Waals surface area contributed by atoms with Gasteiger partial charge in [-0.05, 0) is 32.2 Å². The lowest BCUT2D eigenvalue weighted by Crippen LogP contribution is -2.38. The fraction of sp³-hybridized carbons (Fsp3) is 0.870. The molecule has 0 aromatic heterocycles. The molecular weight excluding hydrogens is 474 g/mol. The second kappa shape index (κ2) is 17.8. The van der Waals surface area contributed by atoms with E-state index in [1.54, 1.807) is 7.05 Å². The predicted molar refractivity (Wildman–Crippen MR) is 135 cm³/mol. The third-order valence-corrected chi connectivity index (χ3v) is 7.41. The zero-order chi connectivity index (χ0) is 25.3. The van der Waals surface area contributed by atoms with Crippen LogP contribution in [0.25, 0.3) is 0 Å². The summed E-state index contributed by atoms with van der Waals surface area (Å²) >= 11 is 1.88. The Hall–Kier alpha value is -1.60. The van der Waals surface area contributed by atoms with Gasteiger partial charge in [0.2, 0.25) is 11.8 Å². The molecule has 0 spiro atoms. The van der Waals surface area contributed by atoms with Crippen molar-refractivity contribution in [1.82, 2.24) is 20.9 Å². The highest BCUT2D eigenvalue weighted by molar-refractivity contribution is 8.00. The Morgan fingerprint density at radius 1 is 1.03 bits per heavy atom. The molecule has 12 heteroatoms. The summed E-state index contributed by atoms with van der Waals surface area (Å²) in [4.78, 5) is 37.3. The van der Waals surface area contributed by atoms with Gasteiger partial charge in [-0.1, -0.05) is 6.42 Å². The molecule has 0 bridgehead atoms. The number of nitrogens with two attached hydrogens (primary N) is 1. The van der Waals surface area contributed by atoms with Crippen LogP contribution in [0.3, 0.4) is 0 Å². The number of unbranched alkanes of at least 4 members (excludes halogenated alkanes) is 1. The fourth-order valence-corrected chi connectivity index (χ4v) is 5.49. The molecular formula is C23H43N5O6S. The van der Waals surface area contributed by atoms with Crippen molar-refractivity contribution < 1.29 is 28.6 Å². The maximum absolute atomic E-state index is 12.3. The van der Waals surface area contributed by atoms with Crippen LogP contribution in [0.5, 0.6) is 0 Å². The van der Waals surface area contributed by atoms with E-state index in [9.17, 15) is 14.4 Å². The largest absolute Gasteiger partial charge is 0.379 e. The highest BCUT2D eigenvalue weighted by Gasteiger charge is 2.42. The van der Waals surface area contributed by atoms with E-state index in [1.807, 2.05) is 11.8 Å². The molecule has 3 atom stereocenters. The maximum atomic E-state index is 12.3. The number of hydrogen-bond donors (Lipinski definition) is 4. The van der Waals surface area contributed by atoms with Crippen molar-refractivity contribution in [1.29, 1.82) is 0 Å². The minimum Gasteiger partial charge on any atom is -0.379 e. The van der Waals surface area contributed by atoms with Gasteiger partial charge in [0.25, 0.3) is 0 Å². The Labute approximate surface area is 212 Å². The summed E-state index contributed by atoms with van der Waals surface area (Å²) in [5, 5.41) is 9.15. The minimum atomic E-state index is -0.170. The number of amides is 4. The van der Waals surface area contributed by atoms with E-state index in [4.69, 9.17) is 19.9 Å². The lowest BCUT2D eigenvalue weighted by atomic mass is 10.0. The molecule has 2 heterocycles. The van der Waals surface area contributed by atoms with Gasteiger partial charge in [-0.2, -0.15) is 11.8 Å². The van der Waals surface area contributed by atoms with Gasteiger partial charge in [0.1, 0.15) is 0 Å². The standard InChI is InChI=1S/C23H43N5O6S/c1-28(21(30)7-3-2-6-19-22-18(17-35-19)26-23(31)27-22)16-20(29)25-9-5-11-33-13-15-34-14-12-32-10-4-8-24/h18-19,22H,2-17,24H2,1H3,(H,25,29)(H2,26,27,31)/t18-,19-,22-/m0/s1. The van der Waals surface area contributed by atoms with Crippen LogP contribution in [-0.2, 0) is 23.8 Å². The summed E-state index contributed by atoms with van der Waals surface area (Å²) in [5.41, 5.74) is 5.38. The fourth-order valence-electron chi connectivity index (χ4n) is 3.94. The summed E-state index contributed by atoms with van der Waals surface area (Å²) in [5.74, 6) is 0.745. The first-order valence-electron chi connectivity index (χ1n) is 12.6.